The number of carbonyl (C=O) groups excluding carboxylic acids is 1. The van der Waals surface area contributed by atoms with Crippen molar-refractivity contribution in [3.8, 4) is 10.7 Å². The van der Waals surface area contributed by atoms with Gasteiger partial charge in [0, 0.05) is 0 Å². The fraction of sp³-hybridized carbons (Fsp3) is 0.235. The number of hydrogen-bond donors (Lipinski definition) is 2. The highest BCUT2D eigenvalue weighted by atomic mass is 32.2. The Morgan fingerprint density at radius 1 is 1.28 bits per heavy atom. The average Bonchev–Trinajstić information content (AvgIpc) is 3.26. The second-order valence-corrected chi connectivity index (χ2v) is 7.74. The number of benzene rings is 1. The molecular weight excluding hydrogens is 359 g/mol. The molecule has 0 bridgehead atoms. The highest BCUT2D eigenvalue weighted by Crippen LogP contribution is 2.25. The predicted octanol–water partition coefficient (Wildman–Crippen LogP) is 4.03. The van der Waals surface area contributed by atoms with Crippen molar-refractivity contribution < 1.29 is 9.18 Å². The average molecular weight is 376 g/mol. The minimum atomic E-state index is -0.352. The standard InChI is InChI=1S/C17H17FN4OS2/c1-10(12-5-7-13(18)8-6-12)19-16(23)11(2)25-17-20-15(21-22-17)14-4-3-9-24-14/h3-11H,1-2H3,(H,19,23)(H,20,21,22)/t10-,11-/m0/s1. The maximum absolute atomic E-state index is 13.0. The van der Waals surface area contributed by atoms with Crippen molar-refractivity contribution in [3.05, 3.63) is 53.2 Å². The number of carbonyl (C=O) groups is 1. The highest BCUT2D eigenvalue weighted by Gasteiger charge is 2.19. The normalized spacial score (nSPS) is 13.4. The molecule has 5 nitrogen and oxygen atoms in total. The molecule has 0 aliphatic carbocycles. The first-order chi connectivity index (χ1) is 12.0. The van der Waals surface area contributed by atoms with Crippen LogP contribution in [0.2, 0.25) is 0 Å². The number of hydrogen-bond acceptors (Lipinski definition) is 5. The second-order valence-electron chi connectivity index (χ2n) is 5.49. The van der Waals surface area contributed by atoms with Gasteiger partial charge in [-0.05, 0) is 43.0 Å². The van der Waals surface area contributed by atoms with Gasteiger partial charge in [-0.15, -0.1) is 16.4 Å². The van der Waals surface area contributed by atoms with E-state index in [1.807, 2.05) is 24.4 Å². The molecule has 2 aromatic heterocycles. The summed E-state index contributed by atoms with van der Waals surface area (Å²) in [7, 11) is 0. The van der Waals surface area contributed by atoms with Gasteiger partial charge in [0.05, 0.1) is 16.2 Å². The lowest BCUT2D eigenvalue weighted by Gasteiger charge is -2.17. The van der Waals surface area contributed by atoms with Crippen molar-refractivity contribution in [2.24, 2.45) is 0 Å². The molecule has 0 unspecified atom stereocenters. The summed E-state index contributed by atoms with van der Waals surface area (Å²) in [5.74, 6) is 0.284. The Morgan fingerprint density at radius 3 is 2.72 bits per heavy atom. The largest absolute Gasteiger partial charge is 0.349 e. The van der Waals surface area contributed by atoms with Crippen molar-refractivity contribution in [3.63, 3.8) is 0 Å². The molecule has 0 radical (unpaired) electrons. The van der Waals surface area contributed by atoms with Gasteiger partial charge in [0.1, 0.15) is 5.82 Å². The first-order valence-electron chi connectivity index (χ1n) is 7.71. The molecule has 0 spiro atoms. The zero-order chi connectivity index (χ0) is 17.8. The lowest BCUT2D eigenvalue weighted by atomic mass is 10.1. The first-order valence-corrected chi connectivity index (χ1v) is 9.47. The minimum absolute atomic E-state index is 0.121. The van der Waals surface area contributed by atoms with Crippen LogP contribution in [-0.2, 0) is 4.79 Å². The number of nitrogens with one attached hydrogen (secondary N) is 2. The number of aromatic amines is 1. The van der Waals surface area contributed by atoms with E-state index in [4.69, 9.17) is 0 Å². The van der Waals surface area contributed by atoms with E-state index in [0.29, 0.717) is 11.0 Å². The van der Waals surface area contributed by atoms with Gasteiger partial charge in [-0.25, -0.2) is 9.37 Å². The van der Waals surface area contributed by atoms with Crippen molar-refractivity contribution in [2.45, 2.75) is 30.3 Å². The van der Waals surface area contributed by atoms with Crippen LogP contribution in [0.1, 0.15) is 25.5 Å². The molecule has 130 valence electrons. The predicted molar refractivity (Wildman–Crippen MR) is 98.0 cm³/mol. The van der Waals surface area contributed by atoms with E-state index in [0.717, 1.165) is 10.4 Å². The lowest BCUT2D eigenvalue weighted by Crippen LogP contribution is -2.33. The number of rotatable bonds is 6. The summed E-state index contributed by atoms with van der Waals surface area (Å²) in [6.45, 7) is 3.67. The van der Waals surface area contributed by atoms with Crippen LogP contribution in [0.25, 0.3) is 10.7 Å². The van der Waals surface area contributed by atoms with E-state index in [1.54, 1.807) is 30.4 Å². The van der Waals surface area contributed by atoms with Crippen LogP contribution >= 0.6 is 23.1 Å². The third-order valence-electron chi connectivity index (χ3n) is 3.60. The molecule has 2 N–H and O–H groups in total. The molecule has 1 amide bonds. The molecule has 3 aromatic rings. The van der Waals surface area contributed by atoms with Crippen LogP contribution in [0.4, 0.5) is 4.39 Å². The van der Waals surface area contributed by atoms with Crippen LogP contribution in [0.5, 0.6) is 0 Å². The Balaban J connectivity index is 1.58. The SMILES string of the molecule is C[C@H](Sc1n[nH]c(-c2cccs2)n1)C(=O)N[C@@H](C)c1ccc(F)cc1. The lowest BCUT2D eigenvalue weighted by molar-refractivity contribution is -0.120. The summed E-state index contributed by atoms with van der Waals surface area (Å²) in [6.07, 6.45) is 0. The van der Waals surface area contributed by atoms with E-state index in [1.165, 1.54) is 23.9 Å². The van der Waals surface area contributed by atoms with Crippen molar-refractivity contribution in [1.82, 2.24) is 20.5 Å². The third-order valence-corrected chi connectivity index (χ3v) is 5.44. The fourth-order valence-corrected chi connectivity index (χ4v) is 3.60. The van der Waals surface area contributed by atoms with Crippen LogP contribution < -0.4 is 5.32 Å². The molecule has 0 aliphatic heterocycles. The molecule has 0 saturated heterocycles. The number of aromatic nitrogens is 3. The van der Waals surface area contributed by atoms with Crippen molar-refractivity contribution >= 4 is 29.0 Å². The number of nitrogens with zero attached hydrogens (tertiary/aromatic N) is 2. The van der Waals surface area contributed by atoms with Gasteiger partial charge in [0.2, 0.25) is 11.1 Å². The molecular formula is C17H17FN4OS2. The van der Waals surface area contributed by atoms with Gasteiger partial charge < -0.3 is 5.32 Å². The first kappa shape index (κ1) is 17.6. The maximum Gasteiger partial charge on any atom is 0.233 e. The Morgan fingerprint density at radius 2 is 2.04 bits per heavy atom. The van der Waals surface area contributed by atoms with E-state index in [-0.39, 0.29) is 23.0 Å². The molecule has 0 fully saturated rings. The summed E-state index contributed by atoms with van der Waals surface area (Å²) in [5.41, 5.74) is 0.852. The van der Waals surface area contributed by atoms with Gasteiger partial charge in [-0.1, -0.05) is 30.0 Å². The molecule has 3 rings (SSSR count). The van der Waals surface area contributed by atoms with Crippen molar-refractivity contribution in [1.29, 1.82) is 0 Å². The monoisotopic (exact) mass is 376 g/mol. The van der Waals surface area contributed by atoms with Gasteiger partial charge in [-0.2, -0.15) is 0 Å². The maximum atomic E-state index is 13.0. The quantitative estimate of drug-likeness (QED) is 0.637. The molecule has 8 heteroatoms. The zero-order valence-electron chi connectivity index (χ0n) is 13.7. The van der Waals surface area contributed by atoms with Crippen LogP contribution in [0.3, 0.4) is 0 Å². The zero-order valence-corrected chi connectivity index (χ0v) is 15.3. The van der Waals surface area contributed by atoms with E-state index >= 15 is 0 Å². The van der Waals surface area contributed by atoms with E-state index in [2.05, 4.69) is 20.5 Å². The number of amides is 1. The number of thioether (sulfide) groups is 1. The molecule has 25 heavy (non-hydrogen) atoms. The van der Waals surface area contributed by atoms with Gasteiger partial charge >= 0.3 is 0 Å². The van der Waals surface area contributed by atoms with Gasteiger partial charge in [0.25, 0.3) is 0 Å². The topological polar surface area (TPSA) is 70.7 Å². The smallest absolute Gasteiger partial charge is 0.233 e. The van der Waals surface area contributed by atoms with Gasteiger partial charge in [-0.3, -0.25) is 9.89 Å². The summed E-state index contributed by atoms with van der Waals surface area (Å²) in [6, 6.07) is 9.81. The van der Waals surface area contributed by atoms with Gasteiger partial charge in [0.15, 0.2) is 5.82 Å². The molecule has 0 saturated carbocycles. The van der Waals surface area contributed by atoms with E-state index in [9.17, 15) is 9.18 Å². The van der Waals surface area contributed by atoms with E-state index < -0.39 is 0 Å². The number of thiophene rings is 1. The number of halogens is 1. The summed E-state index contributed by atoms with van der Waals surface area (Å²) < 4.78 is 13.0. The van der Waals surface area contributed by atoms with Crippen LogP contribution in [0, 0.1) is 5.82 Å². The molecule has 0 aliphatic rings. The van der Waals surface area contributed by atoms with Crippen molar-refractivity contribution in [2.75, 3.05) is 0 Å². The van der Waals surface area contributed by atoms with Crippen LogP contribution in [0.15, 0.2) is 46.9 Å². The Hall–Kier alpha value is -2.19. The fourth-order valence-electron chi connectivity index (χ4n) is 2.20. The Kier molecular flexibility index (Phi) is 5.50. The van der Waals surface area contributed by atoms with Crippen LogP contribution in [-0.4, -0.2) is 26.3 Å². The minimum Gasteiger partial charge on any atom is -0.349 e. The Labute approximate surface area is 153 Å². The molecule has 2 atom stereocenters. The summed E-state index contributed by atoms with van der Waals surface area (Å²) >= 11 is 2.86. The highest BCUT2D eigenvalue weighted by molar-refractivity contribution is 8.00. The summed E-state index contributed by atoms with van der Waals surface area (Å²) in [5, 5.41) is 12.1. The second kappa shape index (κ2) is 7.79. The third kappa shape index (κ3) is 4.46. The molecule has 1 aromatic carbocycles. The number of H-pyrrole nitrogens is 1. The summed E-state index contributed by atoms with van der Waals surface area (Å²) in [4.78, 5) is 17.8. The molecule has 2 heterocycles. The Bertz CT molecular complexity index is 833.